The summed E-state index contributed by atoms with van der Waals surface area (Å²) in [6.45, 7) is -0.243. The molecule has 1 spiro atoms. The van der Waals surface area contributed by atoms with Crippen molar-refractivity contribution in [3.8, 4) is 11.3 Å². The van der Waals surface area contributed by atoms with Gasteiger partial charge >= 0.3 is 0 Å². The number of aliphatic hydroxyl groups excluding tert-OH is 2. The van der Waals surface area contributed by atoms with E-state index in [0.717, 1.165) is 25.0 Å². The van der Waals surface area contributed by atoms with E-state index in [1.54, 1.807) is 6.07 Å². The number of benzene rings is 2. The average Bonchev–Trinajstić information content (AvgIpc) is 3.37. The summed E-state index contributed by atoms with van der Waals surface area (Å²) in [6.07, 6.45) is -0.206. The van der Waals surface area contributed by atoms with Crippen molar-refractivity contribution < 1.29 is 42.0 Å². The standard InChI is InChI=1S/C25H25F4N3O5/c26-16-5-3-4-14(8-16)13-35-24-22(23(34)20(12-33)37-25(24)6-1-2-7-36-25)32-11-19(30-31-32)15-9-17(27)21(29)18(28)10-15/h3-5,8-11,20,22-24,33-34H,1-2,6-7,12-13H2/t20-,22+,23+,24-,25+/m1/s1. The number of aromatic nitrogens is 3. The van der Waals surface area contributed by atoms with Crippen molar-refractivity contribution in [2.24, 2.45) is 0 Å². The minimum Gasteiger partial charge on any atom is -0.394 e. The zero-order chi connectivity index (χ0) is 26.2. The Labute approximate surface area is 209 Å². The summed E-state index contributed by atoms with van der Waals surface area (Å²) in [5.41, 5.74) is 0.475. The van der Waals surface area contributed by atoms with Crippen LogP contribution in [0.5, 0.6) is 0 Å². The monoisotopic (exact) mass is 523 g/mol. The molecule has 0 aliphatic carbocycles. The molecule has 3 heterocycles. The predicted octanol–water partition coefficient (Wildman–Crippen LogP) is 3.28. The van der Waals surface area contributed by atoms with E-state index in [1.165, 1.54) is 29.1 Å². The van der Waals surface area contributed by atoms with Crippen LogP contribution in [0, 0.1) is 23.3 Å². The molecule has 0 saturated carbocycles. The number of aliphatic hydroxyl groups is 2. The van der Waals surface area contributed by atoms with Crippen LogP contribution in [0.3, 0.4) is 0 Å². The molecule has 0 unspecified atom stereocenters. The molecule has 2 aliphatic rings. The summed E-state index contributed by atoms with van der Waals surface area (Å²) >= 11 is 0. The van der Waals surface area contributed by atoms with Crippen LogP contribution in [0.4, 0.5) is 17.6 Å². The van der Waals surface area contributed by atoms with Crippen LogP contribution in [0.1, 0.15) is 30.9 Å². The van der Waals surface area contributed by atoms with Crippen LogP contribution < -0.4 is 0 Å². The van der Waals surface area contributed by atoms with Crippen molar-refractivity contribution >= 4 is 0 Å². The SMILES string of the molecule is OC[C@H]1O[C@@]2(CCCCO2)[C@H](OCc2cccc(F)c2)[C@@H](n2cc(-c3cc(F)c(F)c(F)c3)nn2)[C@H]1O. The van der Waals surface area contributed by atoms with E-state index in [1.807, 2.05) is 0 Å². The minimum absolute atomic E-state index is 0.0135. The van der Waals surface area contributed by atoms with Crippen molar-refractivity contribution in [1.29, 1.82) is 0 Å². The van der Waals surface area contributed by atoms with Crippen LogP contribution in [0.15, 0.2) is 42.6 Å². The first kappa shape index (κ1) is 25.7. The lowest BCUT2D eigenvalue weighted by Gasteiger charge is -2.52. The normalized spacial score (nSPS) is 28.1. The Balaban J connectivity index is 1.53. The van der Waals surface area contributed by atoms with Crippen molar-refractivity contribution in [2.45, 2.75) is 56.0 Å². The van der Waals surface area contributed by atoms with E-state index in [9.17, 15) is 27.8 Å². The maximum atomic E-state index is 13.8. The van der Waals surface area contributed by atoms with Gasteiger partial charge in [0.15, 0.2) is 23.2 Å². The molecule has 8 nitrogen and oxygen atoms in total. The Hall–Kier alpha value is -2.90. The van der Waals surface area contributed by atoms with Crippen molar-refractivity contribution in [2.75, 3.05) is 13.2 Å². The summed E-state index contributed by atoms with van der Waals surface area (Å²) in [6, 6.07) is 6.38. The zero-order valence-electron chi connectivity index (χ0n) is 19.6. The highest BCUT2D eigenvalue weighted by Crippen LogP contribution is 2.44. The fraction of sp³-hybridized carbons (Fsp3) is 0.440. The van der Waals surface area contributed by atoms with Crippen LogP contribution >= 0.6 is 0 Å². The van der Waals surface area contributed by atoms with Gasteiger partial charge in [-0.2, -0.15) is 0 Å². The lowest BCUT2D eigenvalue weighted by Crippen LogP contribution is -2.65. The van der Waals surface area contributed by atoms with E-state index in [0.29, 0.717) is 18.6 Å². The molecule has 2 fully saturated rings. The summed E-state index contributed by atoms with van der Waals surface area (Å²) in [7, 11) is 0. The van der Waals surface area contributed by atoms with Crippen LogP contribution in [-0.4, -0.2) is 62.5 Å². The van der Waals surface area contributed by atoms with Gasteiger partial charge < -0.3 is 24.4 Å². The second-order valence-electron chi connectivity index (χ2n) is 9.14. The fourth-order valence-corrected chi connectivity index (χ4v) is 4.90. The van der Waals surface area contributed by atoms with Gasteiger partial charge in [-0.1, -0.05) is 17.3 Å². The van der Waals surface area contributed by atoms with Crippen LogP contribution in [-0.2, 0) is 20.8 Å². The molecule has 37 heavy (non-hydrogen) atoms. The smallest absolute Gasteiger partial charge is 0.197 e. The quantitative estimate of drug-likeness (QED) is 0.378. The van der Waals surface area contributed by atoms with Gasteiger partial charge in [-0.05, 0) is 42.7 Å². The molecule has 2 N–H and O–H groups in total. The van der Waals surface area contributed by atoms with Gasteiger partial charge in [-0.15, -0.1) is 5.10 Å². The molecular weight excluding hydrogens is 498 g/mol. The molecule has 2 aliphatic heterocycles. The second kappa shape index (κ2) is 10.5. The summed E-state index contributed by atoms with van der Waals surface area (Å²) in [5.74, 6) is -6.18. The van der Waals surface area contributed by atoms with Gasteiger partial charge in [-0.3, -0.25) is 0 Å². The fourth-order valence-electron chi connectivity index (χ4n) is 4.90. The van der Waals surface area contributed by atoms with E-state index < -0.39 is 60.0 Å². The molecule has 1 aromatic heterocycles. The third-order valence-electron chi connectivity index (χ3n) is 6.69. The Morgan fingerprint density at radius 3 is 2.57 bits per heavy atom. The van der Waals surface area contributed by atoms with Crippen LogP contribution in [0.2, 0.25) is 0 Å². The Morgan fingerprint density at radius 2 is 1.89 bits per heavy atom. The van der Waals surface area contributed by atoms with Gasteiger partial charge in [0.2, 0.25) is 0 Å². The number of hydrogen-bond acceptors (Lipinski definition) is 7. The molecule has 0 bridgehead atoms. The summed E-state index contributed by atoms with van der Waals surface area (Å²) in [4.78, 5) is 0. The first-order valence-electron chi connectivity index (χ1n) is 11.8. The van der Waals surface area contributed by atoms with Gasteiger partial charge in [0.25, 0.3) is 0 Å². The van der Waals surface area contributed by atoms with Crippen LogP contribution in [0.25, 0.3) is 11.3 Å². The number of hydrogen-bond donors (Lipinski definition) is 2. The molecule has 5 rings (SSSR count). The molecule has 0 radical (unpaired) electrons. The van der Waals surface area contributed by atoms with Crippen molar-refractivity contribution in [3.05, 3.63) is 71.4 Å². The summed E-state index contributed by atoms with van der Waals surface area (Å²) in [5, 5.41) is 29.1. The third-order valence-corrected chi connectivity index (χ3v) is 6.69. The molecule has 3 aromatic rings. The third kappa shape index (κ3) is 4.99. The predicted molar refractivity (Wildman–Crippen MR) is 120 cm³/mol. The largest absolute Gasteiger partial charge is 0.394 e. The molecule has 12 heteroatoms. The number of rotatable bonds is 6. The number of halogens is 4. The maximum absolute atomic E-state index is 13.8. The topological polar surface area (TPSA) is 98.9 Å². The molecule has 0 amide bonds. The Morgan fingerprint density at radius 1 is 1.11 bits per heavy atom. The van der Waals surface area contributed by atoms with Gasteiger partial charge in [0.1, 0.15) is 35.9 Å². The van der Waals surface area contributed by atoms with E-state index in [2.05, 4.69) is 10.3 Å². The molecule has 2 saturated heterocycles. The zero-order valence-corrected chi connectivity index (χ0v) is 19.6. The highest BCUT2D eigenvalue weighted by atomic mass is 19.2. The molecule has 2 aromatic carbocycles. The average molecular weight is 523 g/mol. The second-order valence-corrected chi connectivity index (χ2v) is 9.14. The van der Waals surface area contributed by atoms with Crippen molar-refractivity contribution in [1.82, 2.24) is 15.0 Å². The van der Waals surface area contributed by atoms with E-state index in [-0.39, 0.29) is 17.9 Å². The first-order chi connectivity index (χ1) is 17.8. The minimum atomic E-state index is -1.61. The van der Waals surface area contributed by atoms with Crippen molar-refractivity contribution in [3.63, 3.8) is 0 Å². The first-order valence-corrected chi connectivity index (χ1v) is 11.8. The van der Waals surface area contributed by atoms with E-state index >= 15 is 0 Å². The lowest BCUT2D eigenvalue weighted by molar-refractivity contribution is -0.373. The summed E-state index contributed by atoms with van der Waals surface area (Å²) < 4.78 is 74.4. The lowest BCUT2D eigenvalue weighted by atomic mass is 9.86. The van der Waals surface area contributed by atoms with Gasteiger partial charge in [0, 0.05) is 12.0 Å². The molecular formula is C25H25F4N3O5. The Kier molecular flexibility index (Phi) is 7.28. The molecule has 5 atom stereocenters. The maximum Gasteiger partial charge on any atom is 0.197 e. The number of nitrogens with zero attached hydrogens (tertiary/aromatic N) is 3. The van der Waals surface area contributed by atoms with Gasteiger partial charge in [0.05, 0.1) is 26.0 Å². The highest BCUT2D eigenvalue weighted by molar-refractivity contribution is 5.58. The highest BCUT2D eigenvalue weighted by Gasteiger charge is 2.57. The van der Waals surface area contributed by atoms with E-state index in [4.69, 9.17) is 14.2 Å². The number of ether oxygens (including phenoxy) is 3. The molecule has 198 valence electrons. The van der Waals surface area contributed by atoms with Gasteiger partial charge in [-0.25, -0.2) is 22.2 Å². The Bertz CT molecular complexity index is 1230.